The topological polar surface area (TPSA) is 73.0 Å². The molecule has 1 unspecified atom stereocenters. The van der Waals surface area contributed by atoms with Crippen molar-refractivity contribution < 1.29 is 4.79 Å². The van der Waals surface area contributed by atoms with E-state index in [-0.39, 0.29) is 17.4 Å². The Balaban J connectivity index is 1.42. The molecular formula is C21H25N5O2. The van der Waals surface area contributed by atoms with Crippen LogP contribution in [0, 0.1) is 0 Å². The zero-order valence-corrected chi connectivity index (χ0v) is 16.1. The molecule has 1 aromatic carbocycles. The number of benzene rings is 1. The van der Waals surface area contributed by atoms with Gasteiger partial charge in [0.2, 0.25) is 5.91 Å². The molecule has 1 fully saturated rings. The molecule has 0 saturated carbocycles. The van der Waals surface area contributed by atoms with E-state index in [9.17, 15) is 9.59 Å². The Kier molecular flexibility index (Phi) is 5.23. The number of amides is 1. The highest BCUT2D eigenvalue weighted by atomic mass is 16.2. The Labute approximate surface area is 163 Å². The monoisotopic (exact) mass is 379 g/mol. The maximum absolute atomic E-state index is 12.8. The van der Waals surface area contributed by atoms with Crippen molar-refractivity contribution in [2.24, 2.45) is 0 Å². The number of imidazole rings is 1. The number of hydrogen-bond acceptors (Lipinski definition) is 4. The molecule has 0 aliphatic carbocycles. The normalized spacial score (nSPS) is 17.2. The van der Waals surface area contributed by atoms with Crippen LogP contribution in [0.2, 0.25) is 0 Å². The van der Waals surface area contributed by atoms with E-state index < -0.39 is 0 Å². The molecule has 1 atom stereocenters. The maximum Gasteiger partial charge on any atom is 0.261 e. The molecule has 0 bridgehead atoms. The lowest BCUT2D eigenvalue weighted by atomic mass is 9.97. The van der Waals surface area contributed by atoms with Gasteiger partial charge in [0.15, 0.2) is 0 Å². The van der Waals surface area contributed by atoms with Gasteiger partial charge >= 0.3 is 0 Å². The molecule has 1 aliphatic heterocycles. The van der Waals surface area contributed by atoms with E-state index in [1.54, 1.807) is 6.07 Å². The number of para-hydroxylation sites is 1. The third-order valence-electron chi connectivity index (χ3n) is 5.53. The van der Waals surface area contributed by atoms with Gasteiger partial charge in [0.1, 0.15) is 5.82 Å². The number of likely N-dealkylation sites (tertiary alicyclic amines) is 1. The second kappa shape index (κ2) is 7.96. The predicted octanol–water partition coefficient (Wildman–Crippen LogP) is 2.41. The molecule has 7 heteroatoms. The first-order valence-electron chi connectivity index (χ1n) is 9.90. The lowest BCUT2D eigenvalue weighted by Gasteiger charge is -2.32. The van der Waals surface area contributed by atoms with Gasteiger partial charge in [0.25, 0.3) is 5.56 Å². The van der Waals surface area contributed by atoms with Crippen LogP contribution in [-0.2, 0) is 17.9 Å². The van der Waals surface area contributed by atoms with E-state index in [1.165, 1.54) is 10.9 Å². The van der Waals surface area contributed by atoms with Crippen molar-refractivity contribution in [3.05, 3.63) is 59.2 Å². The summed E-state index contributed by atoms with van der Waals surface area (Å²) in [5.41, 5.74) is 0.584. The van der Waals surface area contributed by atoms with Crippen LogP contribution in [-0.4, -0.2) is 43.0 Å². The zero-order chi connectivity index (χ0) is 19.5. The average Bonchev–Trinajstić information content (AvgIpc) is 3.22. The lowest BCUT2D eigenvalue weighted by Crippen LogP contribution is -2.40. The number of fused-ring (bicyclic) bond motifs is 1. The van der Waals surface area contributed by atoms with Crippen molar-refractivity contribution in [3.8, 4) is 0 Å². The Morgan fingerprint density at radius 2 is 2.07 bits per heavy atom. The van der Waals surface area contributed by atoms with Crippen LogP contribution >= 0.6 is 0 Å². The second-order valence-corrected chi connectivity index (χ2v) is 7.26. The van der Waals surface area contributed by atoms with Gasteiger partial charge in [0.05, 0.1) is 17.2 Å². The SMILES string of the molecule is CCn1ccnc1C1CCCN(C(=O)CCn2cnc3ccccc3c2=O)C1. The number of carbonyl (C=O) groups excluding carboxylic acids is 1. The van der Waals surface area contributed by atoms with Gasteiger partial charge in [0, 0.05) is 50.9 Å². The summed E-state index contributed by atoms with van der Waals surface area (Å²) < 4.78 is 3.68. The van der Waals surface area contributed by atoms with Crippen LogP contribution in [0.25, 0.3) is 10.9 Å². The van der Waals surface area contributed by atoms with Crippen molar-refractivity contribution in [1.29, 1.82) is 0 Å². The largest absolute Gasteiger partial charge is 0.342 e. The van der Waals surface area contributed by atoms with E-state index in [2.05, 4.69) is 21.5 Å². The summed E-state index contributed by atoms with van der Waals surface area (Å²) in [6.45, 7) is 4.80. The summed E-state index contributed by atoms with van der Waals surface area (Å²) in [7, 11) is 0. The predicted molar refractivity (Wildman–Crippen MR) is 107 cm³/mol. The minimum atomic E-state index is -0.0973. The van der Waals surface area contributed by atoms with Gasteiger partial charge in [-0.2, -0.15) is 0 Å². The first-order chi connectivity index (χ1) is 13.7. The average molecular weight is 379 g/mol. The highest BCUT2D eigenvalue weighted by Crippen LogP contribution is 2.26. The van der Waals surface area contributed by atoms with Crippen molar-refractivity contribution in [2.75, 3.05) is 13.1 Å². The molecule has 2 aromatic heterocycles. The fraction of sp³-hybridized carbons (Fsp3) is 0.429. The van der Waals surface area contributed by atoms with Crippen molar-refractivity contribution in [2.45, 2.75) is 45.2 Å². The molecule has 28 heavy (non-hydrogen) atoms. The number of piperidine rings is 1. The number of carbonyl (C=O) groups is 1. The van der Waals surface area contributed by atoms with Crippen molar-refractivity contribution in [3.63, 3.8) is 0 Å². The fourth-order valence-electron chi connectivity index (χ4n) is 4.00. The van der Waals surface area contributed by atoms with Gasteiger partial charge in [-0.05, 0) is 31.9 Å². The number of rotatable bonds is 5. The Morgan fingerprint density at radius 3 is 2.93 bits per heavy atom. The van der Waals surface area contributed by atoms with Gasteiger partial charge in [-0.25, -0.2) is 9.97 Å². The number of hydrogen-bond donors (Lipinski definition) is 0. The smallest absolute Gasteiger partial charge is 0.261 e. The summed E-state index contributed by atoms with van der Waals surface area (Å²) in [4.78, 5) is 36.1. The summed E-state index contributed by atoms with van der Waals surface area (Å²) in [6, 6.07) is 7.28. The quantitative estimate of drug-likeness (QED) is 0.682. The van der Waals surface area contributed by atoms with E-state index in [1.807, 2.05) is 35.5 Å². The van der Waals surface area contributed by atoms with Gasteiger partial charge < -0.3 is 9.47 Å². The summed E-state index contributed by atoms with van der Waals surface area (Å²) in [6.07, 6.45) is 7.69. The molecule has 0 spiro atoms. The summed E-state index contributed by atoms with van der Waals surface area (Å²) in [5.74, 6) is 1.42. The molecule has 1 amide bonds. The molecule has 1 aliphatic rings. The third kappa shape index (κ3) is 3.56. The van der Waals surface area contributed by atoms with Crippen LogP contribution in [0.15, 0.2) is 47.8 Å². The number of aryl methyl sites for hydroxylation is 2. The number of aromatic nitrogens is 4. The molecule has 3 heterocycles. The first-order valence-corrected chi connectivity index (χ1v) is 9.90. The van der Waals surface area contributed by atoms with Gasteiger partial charge in [-0.3, -0.25) is 14.2 Å². The van der Waals surface area contributed by atoms with E-state index in [4.69, 9.17) is 0 Å². The van der Waals surface area contributed by atoms with Crippen LogP contribution < -0.4 is 5.56 Å². The minimum absolute atomic E-state index is 0.0827. The van der Waals surface area contributed by atoms with Crippen molar-refractivity contribution in [1.82, 2.24) is 24.0 Å². The fourth-order valence-corrected chi connectivity index (χ4v) is 4.00. The molecule has 3 aromatic rings. The van der Waals surface area contributed by atoms with E-state index >= 15 is 0 Å². The lowest BCUT2D eigenvalue weighted by molar-refractivity contribution is -0.132. The van der Waals surface area contributed by atoms with Crippen molar-refractivity contribution >= 4 is 16.8 Å². The Morgan fingerprint density at radius 1 is 1.21 bits per heavy atom. The molecule has 7 nitrogen and oxygen atoms in total. The Hall–Kier alpha value is -2.96. The highest BCUT2D eigenvalue weighted by molar-refractivity contribution is 5.77. The Bertz CT molecular complexity index is 1040. The second-order valence-electron chi connectivity index (χ2n) is 7.26. The highest BCUT2D eigenvalue weighted by Gasteiger charge is 2.27. The van der Waals surface area contributed by atoms with E-state index in [0.29, 0.717) is 30.4 Å². The van der Waals surface area contributed by atoms with Crippen LogP contribution in [0.5, 0.6) is 0 Å². The standard InChI is InChI=1S/C21H25N5O2/c1-2-24-13-10-22-20(24)16-6-5-11-25(14-16)19(27)9-12-26-15-23-18-8-4-3-7-17(18)21(26)28/h3-4,7-8,10,13,15-16H,2,5-6,9,11-12,14H2,1H3. The first kappa shape index (κ1) is 18.4. The van der Waals surface area contributed by atoms with Crippen LogP contribution in [0.1, 0.15) is 37.9 Å². The zero-order valence-electron chi connectivity index (χ0n) is 16.1. The molecule has 0 N–H and O–H groups in total. The molecule has 0 radical (unpaired) electrons. The van der Waals surface area contributed by atoms with Gasteiger partial charge in [-0.1, -0.05) is 12.1 Å². The van der Waals surface area contributed by atoms with Crippen LogP contribution in [0.3, 0.4) is 0 Å². The summed E-state index contributed by atoms with van der Waals surface area (Å²) in [5, 5.41) is 0.585. The molecule has 146 valence electrons. The van der Waals surface area contributed by atoms with E-state index in [0.717, 1.165) is 31.8 Å². The van der Waals surface area contributed by atoms with Gasteiger partial charge in [-0.15, -0.1) is 0 Å². The maximum atomic E-state index is 12.8. The summed E-state index contributed by atoms with van der Waals surface area (Å²) >= 11 is 0. The molecule has 4 rings (SSSR count). The minimum Gasteiger partial charge on any atom is -0.342 e. The molecule has 1 saturated heterocycles. The molecular weight excluding hydrogens is 354 g/mol. The number of nitrogens with zero attached hydrogens (tertiary/aromatic N) is 5. The van der Waals surface area contributed by atoms with Crippen LogP contribution in [0.4, 0.5) is 0 Å². The third-order valence-corrected chi connectivity index (χ3v) is 5.53.